The first-order chi connectivity index (χ1) is 9.23. The zero-order valence-electron chi connectivity index (χ0n) is 13.4. The van der Waals surface area contributed by atoms with Crippen LogP contribution in [0.3, 0.4) is 0 Å². The van der Waals surface area contributed by atoms with Gasteiger partial charge in [0.1, 0.15) is 0 Å². The average molecular weight is 271 g/mol. The largest absolute Gasteiger partial charge is 0.326 e. The molecule has 2 nitrogen and oxygen atoms in total. The van der Waals surface area contributed by atoms with Crippen molar-refractivity contribution in [2.75, 3.05) is 5.32 Å². The molecule has 1 N–H and O–H groups in total. The third kappa shape index (κ3) is 2.79. The van der Waals surface area contributed by atoms with Gasteiger partial charge in [0.2, 0.25) is 5.91 Å². The van der Waals surface area contributed by atoms with E-state index in [4.69, 9.17) is 0 Å². The molecule has 20 heavy (non-hydrogen) atoms. The van der Waals surface area contributed by atoms with Gasteiger partial charge in [-0.3, -0.25) is 4.79 Å². The molecule has 0 aliphatic heterocycles. The highest BCUT2D eigenvalue weighted by Gasteiger charge is 2.60. The van der Waals surface area contributed by atoms with Gasteiger partial charge >= 0.3 is 0 Å². The highest BCUT2D eigenvalue weighted by Crippen LogP contribution is 2.59. The van der Waals surface area contributed by atoms with Crippen molar-refractivity contribution >= 4 is 11.6 Å². The smallest absolute Gasteiger partial charge is 0.228 e. The lowest BCUT2D eigenvalue weighted by Crippen LogP contribution is -2.17. The Balaban J connectivity index is 2.12. The minimum absolute atomic E-state index is 0.0694. The first-order valence-corrected chi connectivity index (χ1v) is 7.26. The minimum Gasteiger partial charge on any atom is -0.326 e. The second kappa shape index (κ2) is 5.08. The fourth-order valence-corrected chi connectivity index (χ4v) is 3.01. The predicted molar refractivity (Wildman–Crippen MR) is 84.7 cm³/mol. The number of benzene rings is 1. The van der Waals surface area contributed by atoms with Crippen molar-refractivity contribution in [3.8, 4) is 0 Å². The normalized spacial score (nSPS) is 23.1. The van der Waals surface area contributed by atoms with E-state index in [-0.39, 0.29) is 17.2 Å². The molecule has 1 aliphatic carbocycles. The van der Waals surface area contributed by atoms with Crippen LogP contribution in [-0.4, -0.2) is 5.91 Å². The molecule has 0 aromatic heterocycles. The third-order valence-corrected chi connectivity index (χ3v) is 4.35. The number of hydrogen-bond donors (Lipinski definition) is 1. The highest BCUT2D eigenvalue weighted by molar-refractivity contribution is 5.96. The number of carbonyl (C=O) groups excluding carboxylic acids is 1. The Hall–Kier alpha value is -1.57. The predicted octanol–water partition coefficient (Wildman–Crippen LogP) is 4.48. The van der Waals surface area contributed by atoms with Crippen LogP contribution in [0.25, 0.3) is 0 Å². The summed E-state index contributed by atoms with van der Waals surface area (Å²) in [5, 5.41) is 3.09. The van der Waals surface area contributed by atoms with E-state index in [1.54, 1.807) is 0 Å². The van der Waals surface area contributed by atoms with E-state index in [0.29, 0.717) is 5.92 Å². The Labute approximate surface area is 122 Å². The van der Waals surface area contributed by atoms with E-state index >= 15 is 0 Å². The van der Waals surface area contributed by atoms with Crippen LogP contribution >= 0.6 is 0 Å². The number of amides is 1. The first kappa shape index (κ1) is 14.8. The maximum Gasteiger partial charge on any atom is 0.228 e. The topological polar surface area (TPSA) is 29.1 Å². The Morgan fingerprint density at radius 1 is 1.25 bits per heavy atom. The molecule has 0 bridgehead atoms. The van der Waals surface area contributed by atoms with Gasteiger partial charge in [0.15, 0.2) is 0 Å². The summed E-state index contributed by atoms with van der Waals surface area (Å²) < 4.78 is 0. The van der Waals surface area contributed by atoms with Gasteiger partial charge < -0.3 is 5.32 Å². The molecule has 1 amide bonds. The van der Waals surface area contributed by atoms with Crippen molar-refractivity contribution in [1.82, 2.24) is 0 Å². The second-order valence-corrected chi connectivity index (χ2v) is 6.88. The van der Waals surface area contributed by atoms with Crippen LogP contribution in [0.4, 0.5) is 5.69 Å². The van der Waals surface area contributed by atoms with E-state index in [0.717, 1.165) is 11.3 Å². The number of carbonyl (C=O) groups is 1. The molecule has 0 radical (unpaired) electrons. The van der Waals surface area contributed by atoms with Crippen LogP contribution in [0.1, 0.15) is 38.8 Å². The Morgan fingerprint density at radius 2 is 1.90 bits per heavy atom. The molecule has 0 heterocycles. The van der Waals surface area contributed by atoms with Crippen molar-refractivity contribution in [2.45, 2.75) is 41.5 Å². The van der Waals surface area contributed by atoms with Gasteiger partial charge in [0.25, 0.3) is 0 Å². The molecule has 2 heteroatoms. The van der Waals surface area contributed by atoms with Crippen molar-refractivity contribution in [2.24, 2.45) is 17.3 Å². The van der Waals surface area contributed by atoms with Crippen LogP contribution in [0, 0.1) is 31.1 Å². The number of anilines is 1. The van der Waals surface area contributed by atoms with Gasteiger partial charge in [-0.2, -0.15) is 0 Å². The van der Waals surface area contributed by atoms with Crippen molar-refractivity contribution in [3.05, 3.63) is 41.0 Å². The summed E-state index contributed by atoms with van der Waals surface area (Å²) in [4.78, 5) is 12.5. The molecule has 0 saturated heterocycles. The molecular formula is C18H25NO. The zero-order valence-corrected chi connectivity index (χ0v) is 13.4. The number of aryl methyl sites for hydroxylation is 2. The SMILES string of the molecule is CC(C)=C[C@@H]1[C@@H](C(=O)Nc2ccc(C)cc2C)C1(C)C. The van der Waals surface area contributed by atoms with Gasteiger partial charge in [-0.15, -0.1) is 0 Å². The van der Waals surface area contributed by atoms with Gasteiger partial charge in [0.05, 0.1) is 5.92 Å². The Morgan fingerprint density at radius 3 is 2.45 bits per heavy atom. The second-order valence-electron chi connectivity index (χ2n) is 6.88. The quantitative estimate of drug-likeness (QED) is 0.807. The molecule has 2 rings (SSSR count). The summed E-state index contributed by atoms with van der Waals surface area (Å²) in [6.45, 7) is 12.6. The summed E-state index contributed by atoms with van der Waals surface area (Å²) in [7, 11) is 0. The van der Waals surface area contributed by atoms with Crippen LogP contribution < -0.4 is 5.32 Å². The number of rotatable bonds is 3. The van der Waals surface area contributed by atoms with Gasteiger partial charge in [-0.1, -0.05) is 43.2 Å². The standard InChI is InChI=1S/C18H25NO/c1-11(2)9-14-16(18(14,5)6)17(20)19-15-8-7-12(3)10-13(15)4/h7-10,14,16H,1-6H3,(H,19,20)/t14-,16+/m1/s1. The van der Waals surface area contributed by atoms with E-state index in [1.165, 1.54) is 11.1 Å². The van der Waals surface area contributed by atoms with Crippen LogP contribution in [0.15, 0.2) is 29.8 Å². The summed E-state index contributed by atoms with van der Waals surface area (Å²) in [5.41, 5.74) is 4.62. The van der Waals surface area contributed by atoms with E-state index in [2.05, 4.69) is 52.1 Å². The van der Waals surface area contributed by atoms with Gasteiger partial charge in [0, 0.05) is 5.69 Å². The summed E-state index contributed by atoms with van der Waals surface area (Å²) in [5.74, 6) is 0.584. The molecule has 108 valence electrons. The van der Waals surface area contributed by atoms with E-state index < -0.39 is 0 Å². The summed E-state index contributed by atoms with van der Waals surface area (Å²) in [6, 6.07) is 6.13. The fourth-order valence-electron chi connectivity index (χ4n) is 3.01. The maximum atomic E-state index is 12.5. The number of nitrogens with one attached hydrogen (secondary N) is 1. The van der Waals surface area contributed by atoms with Crippen molar-refractivity contribution in [1.29, 1.82) is 0 Å². The lowest BCUT2D eigenvalue weighted by molar-refractivity contribution is -0.118. The van der Waals surface area contributed by atoms with E-state index in [1.807, 2.05) is 19.1 Å². The van der Waals surface area contributed by atoms with Crippen LogP contribution in [-0.2, 0) is 4.79 Å². The molecule has 2 atom stereocenters. The third-order valence-electron chi connectivity index (χ3n) is 4.35. The molecule has 1 saturated carbocycles. The summed E-state index contributed by atoms with van der Waals surface area (Å²) in [6.07, 6.45) is 2.23. The molecule has 1 aromatic rings. The fraction of sp³-hybridized carbons (Fsp3) is 0.500. The lowest BCUT2D eigenvalue weighted by Gasteiger charge is -2.09. The van der Waals surface area contributed by atoms with Crippen LogP contribution in [0.2, 0.25) is 0 Å². The van der Waals surface area contributed by atoms with Gasteiger partial charge in [-0.05, 0) is 50.7 Å². The molecular weight excluding hydrogens is 246 g/mol. The molecule has 1 aliphatic rings. The van der Waals surface area contributed by atoms with Crippen LogP contribution in [0.5, 0.6) is 0 Å². The summed E-state index contributed by atoms with van der Waals surface area (Å²) >= 11 is 0. The minimum atomic E-state index is 0.0694. The molecule has 0 unspecified atom stereocenters. The zero-order chi connectivity index (χ0) is 15.1. The van der Waals surface area contributed by atoms with E-state index in [9.17, 15) is 4.79 Å². The first-order valence-electron chi connectivity index (χ1n) is 7.26. The Kier molecular flexibility index (Phi) is 3.77. The molecule has 1 fully saturated rings. The van der Waals surface area contributed by atoms with Gasteiger partial charge in [-0.25, -0.2) is 0 Å². The maximum absolute atomic E-state index is 12.5. The number of hydrogen-bond acceptors (Lipinski definition) is 1. The monoisotopic (exact) mass is 271 g/mol. The van der Waals surface area contributed by atoms with Crippen molar-refractivity contribution < 1.29 is 4.79 Å². The molecule has 1 aromatic carbocycles. The highest BCUT2D eigenvalue weighted by atomic mass is 16.2. The molecule has 0 spiro atoms. The Bertz CT molecular complexity index is 565. The number of allylic oxidation sites excluding steroid dienone is 2. The lowest BCUT2D eigenvalue weighted by atomic mass is 10.1. The average Bonchev–Trinajstić information content (AvgIpc) is 2.83. The van der Waals surface area contributed by atoms with Crippen molar-refractivity contribution in [3.63, 3.8) is 0 Å².